The molecule has 0 unspecified atom stereocenters. The quantitative estimate of drug-likeness (QED) is 0.649. The number of carbonyl (C=O) groups is 1. The number of rotatable bonds is 4. The van der Waals surface area contributed by atoms with Gasteiger partial charge < -0.3 is 0 Å². The molecule has 0 aromatic heterocycles. The molecule has 0 atom stereocenters. The Balaban J connectivity index is 2.18. The van der Waals surface area contributed by atoms with Crippen LogP contribution in [0.5, 0.6) is 0 Å². The first-order chi connectivity index (χ1) is 6.22. The standard InChI is InChI=1S/C12H22O/c1-3-4-12(13)9-11-7-5-10(2)6-8-11/h10-11H,3-9H2,1-2H3. The first-order valence-electron chi connectivity index (χ1n) is 5.74. The van der Waals surface area contributed by atoms with Gasteiger partial charge in [0.25, 0.3) is 0 Å². The SMILES string of the molecule is CCCC(=O)CC1CCC(C)CC1. The van der Waals surface area contributed by atoms with Crippen LogP contribution >= 0.6 is 0 Å². The maximum atomic E-state index is 11.4. The van der Waals surface area contributed by atoms with Crippen LogP contribution in [0.2, 0.25) is 0 Å². The molecule has 0 radical (unpaired) electrons. The third-order valence-corrected chi connectivity index (χ3v) is 3.18. The molecule has 1 aliphatic carbocycles. The van der Waals surface area contributed by atoms with Crippen molar-refractivity contribution in [2.24, 2.45) is 11.8 Å². The molecule has 0 spiro atoms. The molecule has 13 heavy (non-hydrogen) atoms. The summed E-state index contributed by atoms with van der Waals surface area (Å²) in [5, 5.41) is 0. The van der Waals surface area contributed by atoms with Crippen LogP contribution in [0.3, 0.4) is 0 Å². The van der Waals surface area contributed by atoms with Crippen LogP contribution in [0.1, 0.15) is 58.8 Å². The van der Waals surface area contributed by atoms with Crippen LogP contribution in [0.4, 0.5) is 0 Å². The van der Waals surface area contributed by atoms with Crippen molar-refractivity contribution in [1.29, 1.82) is 0 Å². The summed E-state index contributed by atoms with van der Waals surface area (Å²) in [6.45, 7) is 4.41. The summed E-state index contributed by atoms with van der Waals surface area (Å²) in [6.07, 6.45) is 7.93. The summed E-state index contributed by atoms with van der Waals surface area (Å²) in [6, 6.07) is 0. The van der Waals surface area contributed by atoms with Crippen LogP contribution < -0.4 is 0 Å². The second-order valence-electron chi connectivity index (χ2n) is 4.62. The molecule has 0 aromatic carbocycles. The zero-order chi connectivity index (χ0) is 9.68. The van der Waals surface area contributed by atoms with Gasteiger partial charge in [0.05, 0.1) is 0 Å². The molecule has 1 aliphatic rings. The first-order valence-corrected chi connectivity index (χ1v) is 5.74. The normalized spacial score (nSPS) is 28.8. The molecule has 76 valence electrons. The molecule has 0 amide bonds. The van der Waals surface area contributed by atoms with E-state index in [1.807, 2.05) is 0 Å². The molecule has 1 fully saturated rings. The lowest BCUT2D eigenvalue weighted by molar-refractivity contribution is -0.120. The minimum absolute atomic E-state index is 0.488. The van der Waals surface area contributed by atoms with Crippen LogP contribution in [0.15, 0.2) is 0 Å². The fraction of sp³-hybridized carbons (Fsp3) is 0.917. The zero-order valence-electron chi connectivity index (χ0n) is 9.01. The minimum Gasteiger partial charge on any atom is -0.300 e. The van der Waals surface area contributed by atoms with Crippen molar-refractivity contribution < 1.29 is 4.79 Å². The molecule has 0 saturated heterocycles. The highest BCUT2D eigenvalue weighted by molar-refractivity contribution is 5.78. The predicted octanol–water partition coefficient (Wildman–Crippen LogP) is 3.57. The largest absolute Gasteiger partial charge is 0.300 e. The van der Waals surface area contributed by atoms with Gasteiger partial charge in [0.15, 0.2) is 0 Å². The van der Waals surface area contributed by atoms with E-state index in [1.165, 1.54) is 25.7 Å². The van der Waals surface area contributed by atoms with Crippen molar-refractivity contribution in [3.8, 4) is 0 Å². The average molecular weight is 182 g/mol. The molecule has 0 N–H and O–H groups in total. The zero-order valence-corrected chi connectivity index (χ0v) is 9.01. The highest BCUT2D eigenvalue weighted by Gasteiger charge is 2.19. The lowest BCUT2D eigenvalue weighted by atomic mass is 9.80. The van der Waals surface area contributed by atoms with E-state index in [2.05, 4.69) is 13.8 Å². The third-order valence-electron chi connectivity index (χ3n) is 3.18. The second-order valence-corrected chi connectivity index (χ2v) is 4.62. The van der Waals surface area contributed by atoms with Gasteiger partial charge in [-0.05, 0) is 31.1 Å². The van der Waals surface area contributed by atoms with E-state index in [0.717, 1.165) is 31.1 Å². The molecule has 1 heteroatoms. The van der Waals surface area contributed by atoms with Crippen molar-refractivity contribution in [3.05, 3.63) is 0 Å². The summed E-state index contributed by atoms with van der Waals surface area (Å²) >= 11 is 0. The predicted molar refractivity (Wildman–Crippen MR) is 55.7 cm³/mol. The Morgan fingerprint density at radius 1 is 1.23 bits per heavy atom. The van der Waals surface area contributed by atoms with Gasteiger partial charge in [0, 0.05) is 12.8 Å². The van der Waals surface area contributed by atoms with Crippen molar-refractivity contribution in [2.75, 3.05) is 0 Å². The molecule has 0 aromatic rings. The van der Waals surface area contributed by atoms with Crippen molar-refractivity contribution in [2.45, 2.75) is 58.8 Å². The number of hydrogen-bond donors (Lipinski definition) is 0. The Labute approximate surface area is 81.9 Å². The molecular weight excluding hydrogens is 160 g/mol. The summed E-state index contributed by atoms with van der Waals surface area (Å²) < 4.78 is 0. The van der Waals surface area contributed by atoms with Gasteiger partial charge in [-0.25, -0.2) is 0 Å². The van der Waals surface area contributed by atoms with Gasteiger partial charge in [0.2, 0.25) is 0 Å². The van der Waals surface area contributed by atoms with Crippen molar-refractivity contribution >= 4 is 5.78 Å². The highest BCUT2D eigenvalue weighted by Crippen LogP contribution is 2.30. The maximum Gasteiger partial charge on any atom is 0.133 e. The fourth-order valence-corrected chi connectivity index (χ4v) is 2.24. The van der Waals surface area contributed by atoms with Crippen LogP contribution in [-0.2, 0) is 4.79 Å². The van der Waals surface area contributed by atoms with Crippen LogP contribution in [0, 0.1) is 11.8 Å². The Kier molecular flexibility index (Phi) is 4.47. The summed E-state index contributed by atoms with van der Waals surface area (Å²) in [5.41, 5.74) is 0. The fourth-order valence-electron chi connectivity index (χ4n) is 2.24. The summed E-state index contributed by atoms with van der Waals surface area (Å²) in [7, 11) is 0. The van der Waals surface area contributed by atoms with Crippen molar-refractivity contribution in [1.82, 2.24) is 0 Å². The topological polar surface area (TPSA) is 17.1 Å². The van der Waals surface area contributed by atoms with Gasteiger partial charge >= 0.3 is 0 Å². The molecular formula is C12H22O. The third kappa shape index (κ3) is 3.93. The van der Waals surface area contributed by atoms with Crippen LogP contribution in [0.25, 0.3) is 0 Å². The maximum absolute atomic E-state index is 11.4. The molecule has 1 rings (SSSR count). The number of ketones is 1. The van der Waals surface area contributed by atoms with Gasteiger partial charge in [-0.3, -0.25) is 4.79 Å². The van der Waals surface area contributed by atoms with E-state index < -0.39 is 0 Å². The van der Waals surface area contributed by atoms with E-state index in [-0.39, 0.29) is 0 Å². The Morgan fingerprint density at radius 3 is 2.38 bits per heavy atom. The van der Waals surface area contributed by atoms with Crippen molar-refractivity contribution in [3.63, 3.8) is 0 Å². The number of carbonyl (C=O) groups excluding carboxylic acids is 1. The first kappa shape index (κ1) is 10.7. The molecule has 1 nitrogen and oxygen atoms in total. The summed E-state index contributed by atoms with van der Waals surface area (Å²) in [5.74, 6) is 2.11. The van der Waals surface area contributed by atoms with Crippen LogP contribution in [-0.4, -0.2) is 5.78 Å². The highest BCUT2D eigenvalue weighted by atomic mass is 16.1. The molecule has 0 aliphatic heterocycles. The average Bonchev–Trinajstić information content (AvgIpc) is 2.09. The van der Waals surface area contributed by atoms with Gasteiger partial charge in [0.1, 0.15) is 5.78 Å². The lowest BCUT2D eigenvalue weighted by Crippen LogP contribution is -2.15. The Morgan fingerprint density at radius 2 is 1.85 bits per heavy atom. The Hall–Kier alpha value is -0.330. The molecule has 0 heterocycles. The van der Waals surface area contributed by atoms with Gasteiger partial charge in [-0.15, -0.1) is 0 Å². The lowest BCUT2D eigenvalue weighted by Gasteiger charge is -2.25. The number of hydrogen-bond acceptors (Lipinski definition) is 1. The van der Waals surface area contributed by atoms with E-state index in [1.54, 1.807) is 0 Å². The van der Waals surface area contributed by atoms with E-state index in [4.69, 9.17) is 0 Å². The summed E-state index contributed by atoms with van der Waals surface area (Å²) in [4.78, 5) is 11.4. The monoisotopic (exact) mass is 182 g/mol. The van der Waals surface area contributed by atoms with E-state index >= 15 is 0 Å². The van der Waals surface area contributed by atoms with E-state index in [0.29, 0.717) is 5.78 Å². The molecule has 0 bridgehead atoms. The smallest absolute Gasteiger partial charge is 0.133 e. The minimum atomic E-state index is 0.488. The van der Waals surface area contributed by atoms with E-state index in [9.17, 15) is 4.79 Å². The van der Waals surface area contributed by atoms with Gasteiger partial charge in [-0.1, -0.05) is 26.7 Å². The Bertz CT molecular complexity index is 155. The molecule has 1 saturated carbocycles. The number of Topliss-reactive ketones (excluding diaryl/α,β-unsaturated/α-hetero) is 1. The second kappa shape index (κ2) is 5.41. The van der Waals surface area contributed by atoms with Gasteiger partial charge in [-0.2, -0.15) is 0 Å².